The number of rotatable bonds is 6. The number of nitrogens with one attached hydrogen (secondary N) is 1. The summed E-state index contributed by atoms with van der Waals surface area (Å²) in [6, 6.07) is 0. The highest BCUT2D eigenvalue weighted by atomic mass is 31.2. The second kappa shape index (κ2) is 8.27. The first-order valence-electron chi connectivity index (χ1n) is 5.54. The lowest BCUT2D eigenvalue weighted by Gasteiger charge is -2.16. The van der Waals surface area contributed by atoms with Crippen LogP contribution in [0.25, 0.3) is 0 Å². The molecular formula is C10H20NO7P. The van der Waals surface area contributed by atoms with Crippen LogP contribution in [0, 0.1) is 5.41 Å². The van der Waals surface area contributed by atoms with Gasteiger partial charge in [-0.15, -0.1) is 0 Å². The van der Waals surface area contributed by atoms with Gasteiger partial charge < -0.3 is 29.7 Å². The molecule has 0 rings (SSSR count). The van der Waals surface area contributed by atoms with E-state index in [4.69, 9.17) is 9.79 Å². The number of alkyl carbamates (subject to hydrolysis) is 1. The Hall–Kier alpha value is -0.950. The maximum atomic E-state index is 11.3. The van der Waals surface area contributed by atoms with Gasteiger partial charge in [0.2, 0.25) is 6.79 Å². The predicted octanol–water partition coefficient (Wildman–Crippen LogP) is -0.0832. The summed E-state index contributed by atoms with van der Waals surface area (Å²) < 4.78 is 9.23. The first-order chi connectivity index (χ1) is 8.62. The number of ether oxygens (including phenoxy) is 2. The van der Waals surface area contributed by atoms with Gasteiger partial charge in [0, 0.05) is 12.7 Å². The first-order valence-corrected chi connectivity index (χ1v) is 6.97. The standard InChI is InChI=1S/C10H20NO7P/c1-10(2,3)8(13)17-6-18-9(14)11-4-7(12)5-19(15)16/h7,12,15-16H,4-6H2,1-3H3,(H,11,14)/t7-/m1/s1. The van der Waals surface area contributed by atoms with E-state index in [2.05, 4.69) is 14.8 Å². The van der Waals surface area contributed by atoms with E-state index in [1.807, 2.05) is 0 Å². The van der Waals surface area contributed by atoms with E-state index in [-0.39, 0.29) is 12.7 Å². The molecule has 0 aromatic carbocycles. The van der Waals surface area contributed by atoms with Crippen LogP contribution in [0.4, 0.5) is 4.79 Å². The minimum Gasteiger partial charge on any atom is -0.427 e. The summed E-state index contributed by atoms with van der Waals surface area (Å²) in [4.78, 5) is 39.7. The lowest BCUT2D eigenvalue weighted by atomic mass is 9.98. The summed E-state index contributed by atoms with van der Waals surface area (Å²) in [7, 11) is -2.21. The third-order valence-corrected chi connectivity index (χ3v) is 2.60. The summed E-state index contributed by atoms with van der Waals surface area (Å²) in [6.45, 7) is 4.27. The first kappa shape index (κ1) is 18.0. The molecule has 0 heterocycles. The maximum absolute atomic E-state index is 11.3. The Labute approximate surface area is 112 Å². The number of aliphatic hydroxyl groups is 1. The largest absolute Gasteiger partial charge is 0.427 e. The zero-order valence-corrected chi connectivity index (χ0v) is 12.0. The molecule has 0 aliphatic heterocycles. The minimum absolute atomic E-state index is 0.188. The van der Waals surface area contributed by atoms with E-state index < -0.39 is 38.7 Å². The van der Waals surface area contributed by atoms with Crippen molar-refractivity contribution in [2.45, 2.75) is 26.9 Å². The van der Waals surface area contributed by atoms with Gasteiger partial charge in [-0.2, -0.15) is 0 Å². The molecule has 0 saturated heterocycles. The summed E-state index contributed by atoms with van der Waals surface area (Å²) in [5.41, 5.74) is -0.685. The number of amides is 1. The molecule has 0 aromatic rings. The van der Waals surface area contributed by atoms with Gasteiger partial charge in [0.25, 0.3) is 0 Å². The van der Waals surface area contributed by atoms with Gasteiger partial charge in [-0.25, -0.2) is 4.79 Å². The predicted molar refractivity (Wildman–Crippen MR) is 67.1 cm³/mol. The molecule has 0 spiro atoms. The van der Waals surface area contributed by atoms with E-state index in [0.717, 1.165) is 0 Å². The molecule has 1 amide bonds. The van der Waals surface area contributed by atoms with Gasteiger partial charge in [-0.3, -0.25) is 4.79 Å². The number of aliphatic hydroxyl groups excluding tert-OH is 1. The van der Waals surface area contributed by atoms with Crippen molar-refractivity contribution in [3.05, 3.63) is 0 Å². The third-order valence-electron chi connectivity index (χ3n) is 1.85. The van der Waals surface area contributed by atoms with E-state index in [0.29, 0.717) is 0 Å². The Morgan fingerprint density at radius 2 is 1.84 bits per heavy atom. The second-order valence-electron chi connectivity index (χ2n) is 4.82. The molecule has 19 heavy (non-hydrogen) atoms. The molecule has 0 aliphatic rings. The lowest BCUT2D eigenvalue weighted by molar-refractivity contribution is -0.161. The second-order valence-corrected chi connectivity index (χ2v) is 5.93. The number of carbonyl (C=O) groups excluding carboxylic acids is 2. The van der Waals surface area contributed by atoms with Gasteiger partial charge in [0.15, 0.2) is 8.38 Å². The van der Waals surface area contributed by atoms with E-state index >= 15 is 0 Å². The smallest absolute Gasteiger partial charge is 0.410 e. The Morgan fingerprint density at radius 1 is 1.26 bits per heavy atom. The Bertz CT molecular complexity index is 303. The number of esters is 1. The van der Waals surface area contributed by atoms with Gasteiger partial charge in [0.05, 0.1) is 11.5 Å². The van der Waals surface area contributed by atoms with Crippen LogP contribution in [0.15, 0.2) is 0 Å². The molecule has 9 heteroatoms. The molecule has 0 unspecified atom stereocenters. The molecule has 112 valence electrons. The quantitative estimate of drug-likeness (QED) is 0.307. The SMILES string of the molecule is CC(C)(C)C(=O)OCOC(=O)NC[C@@H](O)CP(O)O. The summed E-state index contributed by atoms with van der Waals surface area (Å²) >= 11 is 0. The summed E-state index contributed by atoms with van der Waals surface area (Å²) in [5.74, 6) is -0.508. The van der Waals surface area contributed by atoms with Gasteiger partial charge in [-0.1, -0.05) is 0 Å². The van der Waals surface area contributed by atoms with Crippen LogP contribution in [-0.4, -0.2) is 52.6 Å². The van der Waals surface area contributed by atoms with Crippen molar-refractivity contribution in [1.82, 2.24) is 5.32 Å². The Morgan fingerprint density at radius 3 is 2.32 bits per heavy atom. The molecular weight excluding hydrogens is 277 g/mol. The molecule has 0 aliphatic carbocycles. The van der Waals surface area contributed by atoms with E-state index in [9.17, 15) is 14.7 Å². The van der Waals surface area contributed by atoms with Gasteiger partial charge in [-0.05, 0) is 20.8 Å². The molecule has 8 nitrogen and oxygen atoms in total. The zero-order valence-electron chi connectivity index (χ0n) is 11.1. The van der Waals surface area contributed by atoms with Crippen LogP contribution in [-0.2, 0) is 14.3 Å². The van der Waals surface area contributed by atoms with Gasteiger partial charge in [0.1, 0.15) is 0 Å². The molecule has 0 bridgehead atoms. The lowest BCUT2D eigenvalue weighted by Crippen LogP contribution is -2.35. The van der Waals surface area contributed by atoms with Gasteiger partial charge >= 0.3 is 12.1 Å². The van der Waals surface area contributed by atoms with Crippen molar-refractivity contribution in [2.75, 3.05) is 19.5 Å². The van der Waals surface area contributed by atoms with Crippen molar-refractivity contribution < 1.29 is 34.0 Å². The van der Waals surface area contributed by atoms with Crippen LogP contribution < -0.4 is 5.32 Å². The highest BCUT2D eigenvalue weighted by molar-refractivity contribution is 7.45. The van der Waals surface area contributed by atoms with E-state index in [1.165, 1.54) is 0 Å². The normalized spacial score (nSPS) is 13.0. The average Bonchev–Trinajstić information content (AvgIpc) is 2.24. The minimum atomic E-state index is -2.21. The molecule has 0 saturated carbocycles. The zero-order chi connectivity index (χ0) is 15.1. The average molecular weight is 297 g/mol. The van der Waals surface area contributed by atoms with Crippen LogP contribution in [0.5, 0.6) is 0 Å². The van der Waals surface area contributed by atoms with Crippen molar-refractivity contribution in [3.8, 4) is 0 Å². The van der Waals surface area contributed by atoms with Crippen molar-refractivity contribution >= 4 is 20.4 Å². The topological polar surface area (TPSA) is 125 Å². The van der Waals surface area contributed by atoms with Crippen molar-refractivity contribution in [3.63, 3.8) is 0 Å². The van der Waals surface area contributed by atoms with Crippen LogP contribution in [0.1, 0.15) is 20.8 Å². The van der Waals surface area contributed by atoms with Crippen LogP contribution in [0.2, 0.25) is 0 Å². The van der Waals surface area contributed by atoms with Crippen LogP contribution in [0.3, 0.4) is 0 Å². The highest BCUT2D eigenvalue weighted by Crippen LogP contribution is 2.23. The summed E-state index contributed by atoms with van der Waals surface area (Å²) in [6.07, 6.45) is -2.18. The molecule has 0 radical (unpaired) electrons. The summed E-state index contributed by atoms with van der Waals surface area (Å²) in [5, 5.41) is 11.4. The van der Waals surface area contributed by atoms with E-state index in [1.54, 1.807) is 20.8 Å². The Balaban J connectivity index is 3.74. The monoisotopic (exact) mass is 297 g/mol. The molecule has 0 aromatic heterocycles. The third kappa shape index (κ3) is 9.61. The molecule has 1 atom stereocenters. The number of hydrogen-bond donors (Lipinski definition) is 4. The van der Waals surface area contributed by atoms with Crippen molar-refractivity contribution in [2.24, 2.45) is 5.41 Å². The fourth-order valence-electron chi connectivity index (χ4n) is 0.858. The fraction of sp³-hybridized carbons (Fsp3) is 0.800. The van der Waals surface area contributed by atoms with Crippen LogP contribution >= 0.6 is 8.38 Å². The molecule has 0 fully saturated rings. The van der Waals surface area contributed by atoms with Crippen molar-refractivity contribution in [1.29, 1.82) is 0 Å². The maximum Gasteiger partial charge on any atom is 0.410 e. The molecule has 4 N–H and O–H groups in total. The number of carbonyl (C=O) groups is 2. The highest BCUT2D eigenvalue weighted by Gasteiger charge is 2.23. The number of hydrogen-bond acceptors (Lipinski definition) is 7. The fourth-order valence-corrected chi connectivity index (χ4v) is 1.36. The Kier molecular flexibility index (Phi) is 7.85.